The lowest BCUT2D eigenvalue weighted by Crippen LogP contribution is -2.01. The van der Waals surface area contributed by atoms with Crippen molar-refractivity contribution in [1.29, 1.82) is 5.41 Å². The normalized spacial score (nSPS) is 10.7. The van der Waals surface area contributed by atoms with Crippen LogP contribution in [-0.4, -0.2) is 22.0 Å². The minimum Gasteiger partial charge on any atom is -0.340 e. The van der Waals surface area contributed by atoms with Crippen LogP contribution in [0.4, 0.5) is 11.5 Å². The highest BCUT2D eigenvalue weighted by molar-refractivity contribution is 5.93. The lowest BCUT2D eigenvalue weighted by atomic mass is 10.1. The molecule has 0 saturated heterocycles. The molecule has 0 saturated carbocycles. The average Bonchev–Trinajstić information content (AvgIpc) is 2.68. The zero-order valence-electron chi connectivity index (χ0n) is 15.7. The third-order valence-corrected chi connectivity index (χ3v) is 4.24. The van der Waals surface area contributed by atoms with Crippen LogP contribution in [0.1, 0.15) is 48.4 Å². The molecule has 0 unspecified atom stereocenters. The van der Waals surface area contributed by atoms with Gasteiger partial charge in [0.15, 0.2) is 5.78 Å². The summed E-state index contributed by atoms with van der Waals surface area (Å²) >= 11 is 0. The Morgan fingerprint density at radius 2 is 1.85 bits per heavy atom. The van der Waals surface area contributed by atoms with Crippen molar-refractivity contribution >= 4 is 23.5 Å². The van der Waals surface area contributed by atoms with Crippen molar-refractivity contribution in [2.45, 2.75) is 26.7 Å². The lowest BCUT2D eigenvalue weighted by molar-refractivity contribution is 0.101. The number of ketones is 1. The third kappa shape index (κ3) is 4.26. The molecule has 2 heterocycles. The molecule has 0 atom stereocenters. The van der Waals surface area contributed by atoms with Crippen LogP contribution in [-0.2, 0) is 0 Å². The number of rotatable bonds is 6. The molecule has 0 bridgehead atoms. The number of hydrogen-bond acceptors (Lipinski definition) is 5. The quantitative estimate of drug-likeness (QED) is 0.468. The fourth-order valence-corrected chi connectivity index (χ4v) is 2.72. The number of carbonyl (C=O) groups is 1. The van der Waals surface area contributed by atoms with E-state index in [4.69, 9.17) is 5.41 Å². The van der Waals surface area contributed by atoms with Gasteiger partial charge in [-0.15, -0.1) is 0 Å². The number of Topliss-reactive ketones (excluding diaryl/α,β-unsaturated/α-hetero) is 1. The van der Waals surface area contributed by atoms with E-state index in [0.29, 0.717) is 17.3 Å². The highest BCUT2D eigenvalue weighted by Crippen LogP contribution is 2.27. The molecule has 1 aromatic carbocycles. The number of carbonyl (C=O) groups excluding carboxylic acids is 1. The van der Waals surface area contributed by atoms with Crippen molar-refractivity contribution in [3.05, 3.63) is 71.5 Å². The van der Waals surface area contributed by atoms with E-state index in [0.717, 1.165) is 28.3 Å². The molecule has 3 aromatic rings. The van der Waals surface area contributed by atoms with Gasteiger partial charge in [-0.2, -0.15) is 0 Å². The Morgan fingerprint density at radius 3 is 2.56 bits per heavy atom. The van der Waals surface area contributed by atoms with Crippen molar-refractivity contribution in [3.8, 4) is 11.3 Å². The smallest absolute Gasteiger partial charge is 0.178 e. The molecule has 5 nitrogen and oxygen atoms in total. The molecule has 3 rings (SSSR count). The molecule has 2 aromatic heterocycles. The van der Waals surface area contributed by atoms with Crippen LogP contribution in [0.15, 0.2) is 54.6 Å². The molecule has 5 heteroatoms. The van der Waals surface area contributed by atoms with E-state index in [2.05, 4.69) is 29.1 Å². The van der Waals surface area contributed by atoms with E-state index in [-0.39, 0.29) is 5.78 Å². The maximum Gasteiger partial charge on any atom is 0.178 e. The number of pyridine rings is 2. The van der Waals surface area contributed by atoms with Crippen LogP contribution in [0.2, 0.25) is 0 Å². The van der Waals surface area contributed by atoms with Crippen molar-refractivity contribution in [3.63, 3.8) is 0 Å². The Morgan fingerprint density at radius 1 is 1.07 bits per heavy atom. The van der Waals surface area contributed by atoms with Gasteiger partial charge in [-0.1, -0.05) is 38.1 Å². The minimum absolute atomic E-state index is 0.0685. The SMILES string of the molecule is CC(=O)c1cccc(-c2ccc(C=N)c(Nc3cccc(C(C)C)n3)c2)n1. The zero-order valence-corrected chi connectivity index (χ0v) is 15.7. The topological polar surface area (TPSA) is 78.7 Å². The Hall–Kier alpha value is -3.34. The molecule has 0 aliphatic heterocycles. The van der Waals surface area contributed by atoms with E-state index >= 15 is 0 Å². The van der Waals surface area contributed by atoms with Crippen LogP contribution >= 0.6 is 0 Å². The Labute approximate surface area is 159 Å². The van der Waals surface area contributed by atoms with Gasteiger partial charge >= 0.3 is 0 Å². The predicted molar refractivity (Wildman–Crippen MR) is 109 cm³/mol. The second-order valence-electron chi connectivity index (χ2n) is 6.64. The summed E-state index contributed by atoms with van der Waals surface area (Å²) in [5.74, 6) is 0.992. The van der Waals surface area contributed by atoms with E-state index in [9.17, 15) is 4.79 Å². The zero-order chi connectivity index (χ0) is 19.4. The first kappa shape index (κ1) is 18.5. The number of aromatic nitrogens is 2. The van der Waals surface area contributed by atoms with Gasteiger partial charge < -0.3 is 10.7 Å². The molecule has 0 spiro atoms. The number of nitrogens with zero attached hydrogens (tertiary/aromatic N) is 2. The molecule has 27 heavy (non-hydrogen) atoms. The molecule has 0 radical (unpaired) electrons. The number of anilines is 2. The van der Waals surface area contributed by atoms with Crippen LogP contribution in [0, 0.1) is 5.41 Å². The molecule has 0 amide bonds. The van der Waals surface area contributed by atoms with Gasteiger partial charge in [0.25, 0.3) is 0 Å². The van der Waals surface area contributed by atoms with Crippen molar-refractivity contribution in [2.24, 2.45) is 0 Å². The fraction of sp³-hybridized carbons (Fsp3) is 0.182. The van der Waals surface area contributed by atoms with Crippen molar-refractivity contribution in [2.75, 3.05) is 5.32 Å². The van der Waals surface area contributed by atoms with Gasteiger partial charge in [0.1, 0.15) is 11.5 Å². The summed E-state index contributed by atoms with van der Waals surface area (Å²) in [6.45, 7) is 5.71. The monoisotopic (exact) mass is 358 g/mol. The number of hydrogen-bond donors (Lipinski definition) is 2. The van der Waals surface area contributed by atoms with Gasteiger partial charge in [0.05, 0.1) is 5.69 Å². The maximum atomic E-state index is 11.6. The summed E-state index contributed by atoms with van der Waals surface area (Å²) in [7, 11) is 0. The van der Waals surface area contributed by atoms with Gasteiger partial charge in [-0.25, -0.2) is 9.97 Å². The summed E-state index contributed by atoms with van der Waals surface area (Å²) in [6.07, 6.45) is 1.30. The molecule has 0 aliphatic rings. The van der Waals surface area contributed by atoms with E-state index in [1.807, 2.05) is 48.5 Å². The van der Waals surface area contributed by atoms with Gasteiger partial charge in [-0.05, 0) is 36.2 Å². The van der Waals surface area contributed by atoms with Crippen LogP contribution < -0.4 is 5.32 Å². The first-order valence-corrected chi connectivity index (χ1v) is 8.85. The Balaban J connectivity index is 1.99. The van der Waals surface area contributed by atoms with Crippen LogP contribution in [0.5, 0.6) is 0 Å². The van der Waals surface area contributed by atoms with Crippen molar-refractivity contribution in [1.82, 2.24) is 9.97 Å². The van der Waals surface area contributed by atoms with Gasteiger partial charge in [0, 0.05) is 35.6 Å². The summed E-state index contributed by atoms with van der Waals surface area (Å²) in [6, 6.07) is 17.0. The second-order valence-corrected chi connectivity index (χ2v) is 6.64. The second kappa shape index (κ2) is 7.91. The average molecular weight is 358 g/mol. The summed E-state index contributed by atoms with van der Waals surface area (Å²) in [4.78, 5) is 20.7. The fourth-order valence-electron chi connectivity index (χ4n) is 2.72. The highest BCUT2D eigenvalue weighted by atomic mass is 16.1. The van der Waals surface area contributed by atoms with E-state index in [1.54, 1.807) is 6.07 Å². The maximum absolute atomic E-state index is 11.6. The number of nitrogens with one attached hydrogen (secondary N) is 2. The largest absolute Gasteiger partial charge is 0.340 e. The van der Waals surface area contributed by atoms with Gasteiger partial charge in [0.2, 0.25) is 0 Å². The first-order chi connectivity index (χ1) is 13.0. The summed E-state index contributed by atoms with van der Waals surface area (Å²) < 4.78 is 0. The third-order valence-electron chi connectivity index (χ3n) is 4.24. The summed E-state index contributed by atoms with van der Waals surface area (Å²) in [5, 5.41) is 11.0. The Kier molecular flexibility index (Phi) is 5.41. The summed E-state index contributed by atoms with van der Waals surface area (Å²) in [5.41, 5.74) is 4.54. The standard InChI is InChI=1S/C22H22N4O/c1-14(2)18-6-5-9-22(25-18)26-21-12-16(10-11-17(21)13-23)20-8-4-7-19(24-20)15(3)27/h4-14,23H,1-3H3,(H,25,26). The van der Waals surface area contributed by atoms with E-state index < -0.39 is 0 Å². The van der Waals surface area contributed by atoms with E-state index in [1.165, 1.54) is 13.1 Å². The molecule has 0 aliphatic carbocycles. The molecule has 0 fully saturated rings. The van der Waals surface area contributed by atoms with Crippen molar-refractivity contribution < 1.29 is 4.79 Å². The molecule has 2 N–H and O–H groups in total. The minimum atomic E-state index is -0.0685. The van der Waals surface area contributed by atoms with Crippen LogP contribution in [0.3, 0.4) is 0 Å². The Bertz CT molecular complexity index is 995. The highest BCUT2D eigenvalue weighted by Gasteiger charge is 2.09. The van der Waals surface area contributed by atoms with Gasteiger partial charge in [-0.3, -0.25) is 4.79 Å². The first-order valence-electron chi connectivity index (χ1n) is 8.85. The predicted octanol–water partition coefficient (Wildman–Crippen LogP) is 5.21. The van der Waals surface area contributed by atoms with Crippen LogP contribution in [0.25, 0.3) is 11.3 Å². The molecule has 136 valence electrons. The number of benzene rings is 1. The lowest BCUT2D eigenvalue weighted by Gasteiger charge is -2.13. The molecular formula is C22H22N4O. The molecular weight excluding hydrogens is 336 g/mol.